The molecule has 0 aliphatic rings. The second kappa shape index (κ2) is 6.54. The van der Waals surface area contributed by atoms with Crippen LogP contribution in [0.4, 0.5) is 10.5 Å². The first-order valence-electron chi connectivity index (χ1n) is 6.98. The fourth-order valence-corrected chi connectivity index (χ4v) is 2.32. The van der Waals surface area contributed by atoms with Crippen molar-refractivity contribution in [3.8, 4) is 11.4 Å². The Balaban J connectivity index is 1.73. The molecule has 1 aromatic heterocycles. The number of hydrogen-bond donors (Lipinski definition) is 1. The van der Waals surface area contributed by atoms with Crippen LogP contribution in [0.5, 0.6) is 5.75 Å². The number of nitrogens with one attached hydrogen (secondary N) is 1. The highest BCUT2D eigenvalue weighted by Crippen LogP contribution is 2.21. The van der Waals surface area contributed by atoms with Gasteiger partial charge in [-0.15, -0.1) is 0 Å². The van der Waals surface area contributed by atoms with Gasteiger partial charge in [-0.2, -0.15) is 5.10 Å². The van der Waals surface area contributed by atoms with Gasteiger partial charge in [-0.05, 0) is 37.3 Å². The van der Waals surface area contributed by atoms with Gasteiger partial charge in [0.1, 0.15) is 0 Å². The third-order valence-electron chi connectivity index (χ3n) is 3.24. The predicted molar refractivity (Wildman–Crippen MR) is 89.4 cm³/mol. The number of carbonyl (C=O) groups is 1. The second-order valence-corrected chi connectivity index (χ2v) is 5.30. The molecule has 2 aromatic carbocycles. The number of amides is 1. The number of anilines is 1. The van der Waals surface area contributed by atoms with E-state index in [1.807, 2.05) is 37.3 Å². The Morgan fingerprint density at radius 1 is 1.17 bits per heavy atom. The lowest BCUT2D eigenvalue weighted by Gasteiger charge is -2.07. The number of para-hydroxylation sites is 1. The van der Waals surface area contributed by atoms with Crippen LogP contribution in [-0.4, -0.2) is 15.9 Å². The Hall–Kier alpha value is -2.79. The summed E-state index contributed by atoms with van der Waals surface area (Å²) in [4.78, 5) is 12.0. The summed E-state index contributed by atoms with van der Waals surface area (Å²) in [7, 11) is 0. The number of rotatable bonds is 3. The number of carbonyl (C=O) groups excluding carboxylic acids is 1. The Kier molecular flexibility index (Phi) is 4.30. The first-order chi connectivity index (χ1) is 11.1. The molecule has 0 fully saturated rings. The van der Waals surface area contributed by atoms with Crippen molar-refractivity contribution in [1.82, 2.24) is 9.78 Å². The molecule has 0 aliphatic heterocycles. The molecular weight excluding hydrogens is 314 g/mol. The van der Waals surface area contributed by atoms with E-state index in [9.17, 15) is 4.79 Å². The molecule has 1 amide bonds. The van der Waals surface area contributed by atoms with Gasteiger partial charge in [0.25, 0.3) is 0 Å². The Labute approximate surface area is 138 Å². The van der Waals surface area contributed by atoms with Crippen LogP contribution in [-0.2, 0) is 0 Å². The zero-order valence-corrected chi connectivity index (χ0v) is 13.1. The van der Waals surface area contributed by atoms with E-state index in [4.69, 9.17) is 16.3 Å². The van der Waals surface area contributed by atoms with Crippen LogP contribution in [0.1, 0.15) is 5.69 Å². The number of hydrogen-bond acceptors (Lipinski definition) is 3. The van der Waals surface area contributed by atoms with Crippen LogP contribution in [0.3, 0.4) is 0 Å². The lowest BCUT2D eigenvalue weighted by Crippen LogP contribution is -2.17. The average Bonchev–Trinajstić information content (AvgIpc) is 2.89. The molecule has 6 heteroatoms. The molecule has 3 rings (SSSR count). The van der Waals surface area contributed by atoms with Gasteiger partial charge in [0.05, 0.1) is 17.6 Å². The summed E-state index contributed by atoms with van der Waals surface area (Å²) in [5, 5.41) is 7.41. The molecule has 3 aromatic rings. The van der Waals surface area contributed by atoms with Gasteiger partial charge >= 0.3 is 6.09 Å². The quantitative estimate of drug-likeness (QED) is 0.773. The molecule has 0 saturated heterocycles. The Morgan fingerprint density at radius 3 is 2.70 bits per heavy atom. The van der Waals surface area contributed by atoms with Crippen LogP contribution in [0.2, 0.25) is 5.02 Å². The third-order valence-corrected chi connectivity index (χ3v) is 3.47. The normalized spacial score (nSPS) is 10.3. The first kappa shape index (κ1) is 15.1. The molecule has 1 N–H and O–H groups in total. The van der Waals surface area contributed by atoms with Gasteiger partial charge in [0.2, 0.25) is 0 Å². The van der Waals surface area contributed by atoms with Gasteiger partial charge in [-0.3, -0.25) is 5.32 Å². The summed E-state index contributed by atoms with van der Waals surface area (Å²) < 4.78 is 7.02. The van der Waals surface area contributed by atoms with Crippen LogP contribution in [0, 0.1) is 6.92 Å². The van der Waals surface area contributed by atoms with Crippen molar-refractivity contribution in [1.29, 1.82) is 0 Å². The molecule has 0 saturated carbocycles. The highest BCUT2D eigenvalue weighted by molar-refractivity contribution is 6.30. The SMILES string of the molecule is Cc1c(OC(=O)Nc2cccc(Cl)c2)cnn1-c1ccccc1. The molecule has 23 heavy (non-hydrogen) atoms. The van der Waals surface area contributed by atoms with Gasteiger partial charge in [-0.1, -0.05) is 35.9 Å². The molecule has 0 radical (unpaired) electrons. The molecule has 0 spiro atoms. The van der Waals surface area contributed by atoms with Crippen LogP contribution in [0.15, 0.2) is 60.8 Å². The maximum atomic E-state index is 12.0. The van der Waals surface area contributed by atoms with Crippen molar-refractivity contribution in [2.24, 2.45) is 0 Å². The summed E-state index contributed by atoms with van der Waals surface area (Å²) in [5.41, 5.74) is 2.20. The van der Waals surface area contributed by atoms with E-state index in [1.165, 1.54) is 6.20 Å². The largest absolute Gasteiger partial charge is 0.417 e. The van der Waals surface area contributed by atoms with E-state index >= 15 is 0 Å². The molecule has 0 bridgehead atoms. The first-order valence-corrected chi connectivity index (χ1v) is 7.36. The molecule has 0 unspecified atom stereocenters. The van der Waals surface area contributed by atoms with E-state index in [1.54, 1.807) is 28.9 Å². The Bertz CT molecular complexity index is 831. The maximum Gasteiger partial charge on any atom is 0.417 e. The van der Waals surface area contributed by atoms with Crippen LogP contribution in [0.25, 0.3) is 5.69 Å². The summed E-state index contributed by atoms with van der Waals surface area (Å²) >= 11 is 5.88. The van der Waals surface area contributed by atoms with Crippen molar-refractivity contribution >= 4 is 23.4 Å². The molecule has 116 valence electrons. The monoisotopic (exact) mass is 327 g/mol. The summed E-state index contributed by atoms with van der Waals surface area (Å²) in [6, 6.07) is 16.5. The number of nitrogens with zero attached hydrogens (tertiary/aromatic N) is 2. The fraction of sp³-hybridized carbons (Fsp3) is 0.0588. The topological polar surface area (TPSA) is 56.1 Å². The van der Waals surface area contributed by atoms with E-state index in [0.29, 0.717) is 16.5 Å². The average molecular weight is 328 g/mol. The summed E-state index contributed by atoms with van der Waals surface area (Å²) in [6.45, 7) is 1.84. The smallest absolute Gasteiger partial charge is 0.406 e. The zero-order valence-electron chi connectivity index (χ0n) is 12.4. The van der Waals surface area contributed by atoms with Crippen molar-refractivity contribution in [2.45, 2.75) is 6.92 Å². The molecule has 0 atom stereocenters. The summed E-state index contributed by atoms with van der Waals surface area (Å²) in [6.07, 6.45) is 0.919. The lowest BCUT2D eigenvalue weighted by molar-refractivity contribution is 0.215. The minimum absolute atomic E-state index is 0.397. The fourth-order valence-electron chi connectivity index (χ4n) is 2.13. The van der Waals surface area contributed by atoms with Gasteiger partial charge in [0.15, 0.2) is 5.75 Å². The minimum Gasteiger partial charge on any atom is -0.406 e. The number of ether oxygens (including phenoxy) is 1. The van der Waals surface area contributed by atoms with Crippen molar-refractivity contribution < 1.29 is 9.53 Å². The highest BCUT2D eigenvalue weighted by Gasteiger charge is 2.13. The van der Waals surface area contributed by atoms with E-state index in [0.717, 1.165) is 11.4 Å². The zero-order chi connectivity index (χ0) is 16.2. The van der Waals surface area contributed by atoms with E-state index in [-0.39, 0.29) is 0 Å². The molecule has 5 nitrogen and oxygen atoms in total. The van der Waals surface area contributed by atoms with Crippen LogP contribution < -0.4 is 10.1 Å². The molecular formula is C17H14ClN3O2. The minimum atomic E-state index is -0.594. The number of halogens is 1. The van der Waals surface area contributed by atoms with Crippen molar-refractivity contribution in [3.63, 3.8) is 0 Å². The maximum absolute atomic E-state index is 12.0. The van der Waals surface area contributed by atoms with Gasteiger partial charge in [0, 0.05) is 10.7 Å². The van der Waals surface area contributed by atoms with Crippen molar-refractivity contribution in [2.75, 3.05) is 5.32 Å². The third kappa shape index (κ3) is 3.52. The van der Waals surface area contributed by atoms with Gasteiger partial charge < -0.3 is 4.74 Å². The second-order valence-electron chi connectivity index (χ2n) is 4.87. The highest BCUT2D eigenvalue weighted by atomic mass is 35.5. The van der Waals surface area contributed by atoms with E-state index < -0.39 is 6.09 Å². The standard InChI is InChI=1S/C17H14ClN3O2/c1-12-16(11-19-21(12)15-8-3-2-4-9-15)23-17(22)20-14-7-5-6-13(18)10-14/h2-11H,1H3,(H,20,22). The van der Waals surface area contributed by atoms with Crippen LogP contribution >= 0.6 is 11.6 Å². The van der Waals surface area contributed by atoms with Gasteiger partial charge in [-0.25, -0.2) is 9.48 Å². The number of aromatic nitrogens is 2. The number of benzene rings is 2. The lowest BCUT2D eigenvalue weighted by atomic mass is 10.3. The Morgan fingerprint density at radius 2 is 1.96 bits per heavy atom. The molecule has 1 heterocycles. The summed E-state index contributed by atoms with van der Waals surface area (Å²) in [5.74, 6) is 0.397. The molecule has 0 aliphatic carbocycles. The van der Waals surface area contributed by atoms with E-state index in [2.05, 4.69) is 10.4 Å². The predicted octanol–water partition coefficient (Wildman–Crippen LogP) is 4.45. The van der Waals surface area contributed by atoms with Crippen molar-refractivity contribution in [3.05, 3.63) is 71.5 Å².